The van der Waals surface area contributed by atoms with E-state index in [4.69, 9.17) is 19.4 Å². The van der Waals surface area contributed by atoms with Crippen LogP contribution in [0.3, 0.4) is 0 Å². The lowest BCUT2D eigenvalue weighted by Crippen LogP contribution is -2.50. The van der Waals surface area contributed by atoms with E-state index in [1.807, 2.05) is 13.8 Å². The van der Waals surface area contributed by atoms with Crippen LogP contribution in [0.25, 0.3) is 0 Å². The number of nitrogens with two attached hydrogens (primary N) is 1. The number of hydrogen-bond acceptors (Lipinski definition) is 6. The van der Waals surface area contributed by atoms with E-state index >= 15 is 0 Å². The van der Waals surface area contributed by atoms with Gasteiger partial charge in [-0.25, -0.2) is 0 Å². The topological polar surface area (TPSA) is 122 Å². The number of carbonyl (C=O) groups is 1. The van der Waals surface area contributed by atoms with Gasteiger partial charge in [-0.3, -0.25) is 4.79 Å². The SMILES string of the molecule is CC(C)OC1CC(O)C(O)C(CO)O1.NC(=O)C(F)(F)F. The summed E-state index contributed by atoms with van der Waals surface area (Å²) in [6, 6.07) is 0. The van der Waals surface area contributed by atoms with Crippen molar-refractivity contribution in [2.45, 2.75) is 57.2 Å². The number of rotatable bonds is 3. The molecule has 0 spiro atoms. The summed E-state index contributed by atoms with van der Waals surface area (Å²) < 4.78 is 42.7. The highest BCUT2D eigenvalue weighted by Crippen LogP contribution is 2.21. The third-order valence-corrected chi connectivity index (χ3v) is 2.42. The fourth-order valence-electron chi connectivity index (χ4n) is 1.46. The first-order chi connectivity index (χ1) is 9.48. The summed E-state index contributed by atoms with van der Waals surface area (Å²) >= 11 is 0. The van der Waals surface area contributed by atoms with E-state index in [1.54, 1.807) is 0 Å². The largest absolute Gasteiger partial charge is 0.470 e. The first-order valence-corrected chi connectivity index (χ1v) is 6.13. The second kappa shape index (κ2) is 8.49. The molecule has 1 aliphatic heterocycles. The molecular formula is C11H20F3NO6. The number of amides is 1. The lowest BCUT2D eigenvalue weighted by molar-refractivity contribution is -0.265. The zero-order valence-corrected chi connectivity index (χ0v) is 11.6. The summed E-state index contributed by atoms with van der Waals surface area (Å²) in [6.45, 7) is 3.39. The van der Waals surface area contributed by atoms with Gasteiger partial charge in [0, 0.05) is 6.42 Å². The van der Waals surface area contributed by atoms with Crippen molar-refractivity contribution in [1.29, 1.82) is 0 Å². The standard InChI is InChI=1S/C9H18O5.C2H2F3NO/c1-5(2)13-8-3-6(11)9(12)7(4-10)14-8;3-2(4,5)1(6)7/h5-12H,3-4H2,1-2H3;(H2,6,7). The third-order valence-electron chi connectivity index (χ3n) is 2.42. The van der Waals surface area contributed by atoms with E-state index in [0.717, 1.165) is 0 Å². The Bertz CT molecular complexity index is 326. The third kappa shape index (κ3) is 7.58. The van der Waals surface area contributed by atoms with Gasteiger partial charge in [-0.2, -0.15) is 13.2 Å². The van der Waals surface area contributed by atoms with Gasteiger partial charge >= 0.3 is 12.1 Å². The van der Waals surface area contributed by atoms with Gasteiger partial charge < -0.3 is 30.5 Å². The zero-order valence-electron chi connectivity index (χ0n) is 11.6. The fraction of sp³-hybridized carbons (Fsp3) is 0.909. The van der Waals surface area contributed by atoms with Crippen molar-refractivity contribution in [3.8, 4) is 0 Å². The number of aliphatic hydroxyl groups is 3. The molecule has 1 heterocycles. The predicted molar refractivity (Wildman–Crippen MR) is 63.8 cm³/mol. The Hall–Kier alpha value is -0.940. The fourth-order valence-corrected chi connectivity index (χ4v) is 1.46. The summed E-state index contributed by atoms with van der Waals surface area (Å²) in [5.74, 6) is -2.26. The lowest BCUT2D eigenvalue weighted by Gasteiger charge is -2.36. The van der Waals surface area contributed by atoms with Crippen molar-refractivity contribution < 1.29 is 42.8 Å². The van der Waals surface area contributed by atoms with Crippen LogP contribution >= 0.6 is 0 Å². The van der Waals surface area contributed by atoms with Gasteiger partial charge in [0.25, 0.3) is 0 Å². The van der Waals surface area contributed by atoms with Gasteiger partial charge in [0.2, 0.25) is 0 Å². The van der Waals surface area contributed by atoms with Gasteiger partial charge in [0.15, 0.2) is 6.29 Å². The van der Waals surface area contributed by atoms with Crippen molar-refractivity contribution in [3.63, 3.8) is 0 Å². The first-order valence-electron chi connectivity index (χ1n) is 6.13. The second-order valence-electron chi connectivity index (χ2n) is 4.63. The van der Waals surface area contributed by atoms with Crippen LogP contribution in [0, 0.1) is 0 Å². The quantitative estimate of drug-likeness (QED) is 0.544. The first kappa shape index (κ1) is 20.1. The van der Waals surface area contributed by atoms with Crippen LogP contribution < -0.4 is 5.73 Å². The second-order valence-corrected chi connectivity index (χ2v) is 4.63. The highest BCUT2D eigenvalue weighted by molar-refractivity contribution is 5.79. The summed E-state index contributed by atoms with van der Waals surface area (Å²) in [5, 5.41) is 27.7. The van der Waals surface area contributed by atoms with Crippen LogP contribution in [-0.4, -0.2) is 64.7 Å². The molecule has 0 aromatic carbocycles. The molecule has 1 fully saturated rings. The number of ether oxygens (including phenoxy) is 2. The average molecular weight is 319 g/mol. The molecule has 0 aliphatic carbocycles. The normalized spacial score (nSPS) is 29.8. The van der Waals surface area contributed by atoms with Gasteiger partial charge in [-0.05, 0) is 13.8 Å². The number of aliphatic hydroxyl groups excluding tert-OH is 3. The number of halogens is 3. The Labute approximate surface area is 119 Å². The number of alkyl halides is 3. The van der Waals surface area contributed by atoms with Crippen LogP contribution in [0.2, 0.25) is 0 Å². The maximum absolute atomic E-state index is 10.7. The minimum absolute atomic E-state index is 0.0122. The summed E-state index contributed by atoms with van der Waals surface area (Å²) in [7, 11) is 0. The van der Waals surface area contributed by atoms with Crippen molar-refractivity contribution in [2.75, 3.05) is 6.61 Å². The van der Waals surface area contributed by atoms with Crippen LogP contribution in [0.1, 0.15) is 20.3 Å². The molecule has 5 N–H and O–H groups in total. The van der Waals surface area contributed by atoms with E-state index in [0.29, 0.717) is 0 Å². The molecule has 1 rings (SSSR count). The van der Waals surface area contributed by atoms with Crippen LogP contribution in [-0.2, 0) is 14.3 Å². The molecule has 0 aromatic heterocycles. The minimum atomic E-state index is -4.86. The van der Waals surface area contributed by atoms with E-state index in [2.05, 4.69) is 5.73 Å². The minimum Gasteiger partial charge on any atom is -0.394 e. The molecule has 4 unspecified atom stereocenters. The maximum Gasteiger partial charge on any atom is 0.470 e. The van der Waals surface area contributed by atoms with Crippen molar-refractivity contribution >= 4 is 5.91 Å². The molecule has 10 heteroatoms. The van der Waals surface area contributed by atoms with E-state index in [-0.39, 0.29) is 19.1 Å². The molecule has 1 amide bonds. The maximum atomic E-state index is 10.7. The smallest absolute Gasteiger partial charge is 0.394 e. The molecule has 0 radical (unpaired) electrons. The van der Waals surface area contributed by atoms with Crippen LogP contribution in [0.4, 0.5) is 13.2 Å². The average Bonchev–Trinajstić information content (AvgIpc) is 2.32. The molecule has 0 aromatic rings. The number of primary amides is 1. The molecule has 0 saturated carbocycles. The lowest BCUT2D eigenvalue weighted by atomic mass is 10.0. The molecule has 1 aliphatic rings. The zero-order chi connectivity index (χ0) is 16.8. The summed E-state index contributed by atoms with van der Waals surface area (Å²) in [4.78, 5) is 9.12. The van der Waals surface area contributed by atoms with Gasteiger partial charge in [0.1, 0.15) is 12.2 Å². The predicted octanol–water partition coefficient (Wildman–Crippen LogP) is -0.726. The molecule has 126 valence electrons. The molecule has 21 heavy (non-hydrogen) atoms. The van der Waals surface area contributed by atoms with Crippen molar-refractivity contribution in [2.24, 2.45) is 5.73 Å². The Balaban J connectivity index is 0.000000486. The highest BCUT2D eigenvalue weighted by atomic mass is 19.4. The van der Waals surface area contributed by atoms with Crippen LogP contribution in [0.5, 0.6) is 0 Å². The number of hydrogen-bond donors (Lipinski definition) is 4. The van der Waals surface area contributed by atoms with Crippen molar-refractivity contribution in [3.05, 3.63) is 0 Å². The Morgan fingerprint density at radius 2 is 1.90 bits per heavy atom. The van der Waals surface area contributed by atoms with Crippen molar-refractivity contribution in [1.82, 2.24) is 0 Å². The van der Waals surface area contributed by atoms with E-state index < -0.39 is 36.7 Å². The monoisotopic (exact) mass is 319 g/mol. The van der Waals surface area contributed by atoms with Gasteiger partial charge in [-0.15, -0.1) is 0 Å². The molecule has 7 nitrogen and oxygen atoms in total. The summed E-state index contributed by atoms with van der Waals surface area (Å²) in [6.07, 6.45) is -7.89. The molecule has 0 bridgehead atoms. The van der Waals surface area contributed by atoms with E-state index in [1.165, 1.54) is 0 Å². The Morgan fingerprint density at radius 3 is 2.24 bits per heavy atom. The molecule has 1 saturated heterocycles. The molecule has 4 atom stereocenters. The summed E-state index contributed by atoms with van der Waals surface area (Å²) in [5.41, 5.74) is 3.81. The van der Waals surface area contributed by atoms with E-state index in [9.17, 15) is 23.4 Å². The molecular weight excluding hydrogens is 299 g/mol. The van der Waals surface area contributed by atoms with Gasteiger partial charge in [-0.1, -0.05) is 0 Å². The Morgan fingerprint density at radius 1 is 1.43 bits per heavy atom. The van der Waals surface area contributed by atoms with Crippen LogP contribution in [0.15, 0.2) is 0 Å². The highest BCUT2D eigenvalue weighted by Gasteiger charge is 2.37. The Kier molecular flexibility index (Phi) is 8.11. The number of carbonyl (C=O) groups excluding carboxylic acids is 1. The van der Waals surface area contributed by atoms with Gasteiger partial charge in [0.05, 0.1) is 18.8 Å².